The van der Waals surface area contributed by atoms with Crippen molar-refractivity contribution in [3.05, 3.63) is 34.4 Å². The number of hydrogen-bond acceptors (Lipinski definition) is 3. The molecule has 1 aromatic rings. The van der Waals surface area contributed by atoms with E-state index in [4.69, 9.17) is 5.11 Å². The maximum Gasteiger partial charge on any atom is 0.0443 e. The molecule has 1 aliphatic heterocycles. The first-order valence-electron chi connectivity index (χ1n) is 8.61. The number of aliphatic hydroxyl groups is 1. The molecule has 0 aliphatic carbocycles. The Balaban J connectivity index is 1.86. The number of nitrogens with zero attached hydrogens (tertiary/aromatic N) is 2. The van der Waals surface area contributed by atoms with E-state index in [9.17, 15) is 0 Å². The van der Waals surface area contributed by atoms with Crippen molar-refractivity contribution < 1.29 is 5.11 Å². The Labute approximate surface area is 135 Å². The highest BCUT2D eigenvalue weighted by Gasteiger charge is 2.22. The predicted octanol–water partition coefficient (Wildman–Crippen LogP) is 2.89. The van der Waals surface area contributed by atoms with E-state index >= 15 is 0 Å². The highest BCUT2D eigenvalue weighted by Crippen LogP contribution is 2.21. The van der Waals surface area contributed by atoms with Gasteiger partial charge in [-0.25, -0.2) is 0 Å². The van der Waals surface area contributed by atoms with Gasteiger partial charge in [0.15, 0.2) is 0 Å². The van der Waals surface area contributed by atoms with Crippen LogP contribution in [0.1, 0.15) is 41.5 Å². The molecule has 0 saturated carbocycles. The Kier molecular flexibility index (Phi) is 6.42. The minimum absolute atomic E-state index is 0.301. The molecule has 0 amide bonds. The summed E-state index contributed by atoms with van der Waals surface area (Å²) in [6.07, 6.45) is 3.37. The van der Waals surface area contributed by atoms with Crippen LogP contribution in [0.3, 0.4) is 0 Å². The summed E-state index contributed by atoms with van der Waals surface area (Å²) in [5.41, 5.74) is 5.70. The predicted molar refractivity (Wildman–Crippen MR) is 93.3 cm³/mol. The van der Waals surface area contributed by atoms with Crippen molar-refractivity contribution in [2.75, 3.05) is 33.3 Å². The Morgan fingerprint density at radius 1 is 1.09 bits per heavy atom. The average Bonchev–Trinajstić information content (AvgIpc) is 2.51. The van der Waals surface area contributed by atoms with E-state index in [1.165, 1.54) is 48.2 Å². The van der Waals surface area contributed by atoms with Crippen molar-refractivity contribution in [2.24, 2.45) is 0 Å². The molecular weight excluding hydrogens is 272 g/mol. The lowest BCUT2D eigenvalue weighted by Gasteiger charge is -2.37. The second kappa shape index (κ2) is 8.09. The molecule has 3 heteroatoms. The van der Waals surface area contributed by atoms with Crippen LogP contribution in [0.15, 0.2) is 12.1 Å². The molecule has 22 heavy (non-hydrogen) atoms. The highest BCUT2D eigenvalue weighted by atomic mass is 16.3. The van der Waals surface area contributed by atoms with Crippen LogP contribution in [0.5, 0.6) is 0 Å². The summed E-state index contributed by atoms with van der Waals surface area (Å²) in [4.78, 5) is 5.02. The largest absolute Gasteiger partial charge is 0.396 e. The fraction of sp³-hybridized carbons (Fsp3) is 0.684. The molecule has 0 unspecified atom stereocenters. The molecule has 3 nitrogen and oxygen atoms in total. The number of likely N-dealkylation sites (tertiary alicyclic amines) is 1. The molecule has 0 radical (unpaired) electrons. The molecule has 0 atom stereocenters. The smallest absolute Gasteiger partial charge is 0.0443 e. The highest BCUT2D eigenvalue weighted by molar-refractivity contribution is 5.36. The third kappa shape index (κ3) is 4.55. The zero-order valence-electron chi connectivity index (χ0n) is 14.7. The van der Waals surface area contributed by atoms with Crippen molar-refractivity contribution >= 4 is 0 Å². The van der Waals surface area contributed by atoms with Crippen LogP contribution < -0.4 is 0 Å². The molecule has 1 aromatic carbocycles. The number of hydrogen-bond donors (Lipinski definition) is 1. The monoisotopic (exact) mass is 304 g/mol. The van der Waals surface area contributed by atoms with Crippen molar-refractivity contribution in [3.63, 3.8) is 0 Å². The normalized spacial score (nSPS) is 17.4. The summed E-state index contributed by atoms with van der Waals surface area (Å²) in [5, 5.41) is 8.95. The summed E-state index contributed by atoms with van der Waals surface area (Å²) >= 11 is 0. The van der Waals surface area contributed by atoms with Gasteiger partial charge < -0.3 is 10.0 Å². The zero-order chi connectivity index (χ0) is 16.1. The Morgan fingerprint density at radius 3 is 2.36 bits per heavy atom. The number of aryl methyl sites for hydroxylation is 3. The molecular formula is C19H32N2O. The first kappa shape index (κ1) is 17.5. The van der Waals surface area contributed by atoms with Gasteiger partial charge in [-0.3, -0.25) is 4.90 Å². The van der Waals surface area contributed by atoms with Gasteiger partial charge in [-0.05, 0) is 82.4 Å². The van der Waals surface area contributed by atoms with Gasteiger partial charge in [0, 0.05) is 25.7 Å². The molecule has 1 saturated heterocycles. The van der Waals surface area contributed by atoms with Gasteiger partial charge in [0.2, 0.25) is 0 Å². The van der Waals surface area contributed by atoms with E-state index in [1.807, 2.05) is 0 Å². The van der Waals surface area contributed by atoms with Gasteiger partial charge in [-0.15, -0.1) is 0 Å². The van der Waals surface area contributed by atoms with Gasteiger partial charge in [-0.2, -0.15) is 0 Å². The van der Waals surface area contributed by atoms with Gasteiger partial charge in [0.05, 0.1) is 0 Å². The van der Waals surface area contributed by atoms with Crippen LogP contribution in [-0.4, -0.2) is 54.2 Å². The Hall–Kier alpha value is -0.900. The summed E-state index contributed by atoms with van der Waals surface area (Å²) in [6.45, 7) is 11.4. The minimum atomic E-state index is 0.301. The van der Waals surface area contributed by atoms with Gasteiger partial charge >= 0.3 is 0 Å². The Bertz CT molecular complexity index is 479. The van der Waals surface area contributed by atoms with Gasteiger partial charge in [0.1, 0.15) is 0 Å². The van der Waals surface area contributed by atoms with Crippen LogP contribution in [-0.2, 0) is 6.54 Å². The SMILES string of the molecule is Cc1cc(C)c(CN2CCC(N(C)CCCO)CC2)cc1C. The maximum absolute atomic E-state index is 8.95. The van der Waals surface area contributed by atoms with Crippen LogP contribution in [0, 0.1) is 20.8 Å². The quantitative estimate of drug-likeness (QED) is 0.875. The first-order chi connectivity index (χ1) is 10.5. The molecule has 1 fully saturated rings. The number of aliphatic hydroxyl groups excluding tert-OH is 1. The lowest BCUT2D eigenvalue weighted by Crippen LogP contribution is -2.43. The van der Waals surface area contributed by atoms with Crippen LogP contribution in [0.4, 0.5) is 0 Å². The summed E-state index contributed by atoms with van der Waals surface area (Å²) in [6, 6.07) is 5.37. The third-order valence-corrected chi connectivity index (χ3v) is 5.20. The van der Waals surface area contributed by atoms with E-state index in [2.05, 4.69) is 49.8 Å². The number of rotatable bonds is 6. The van der Waals surface area contributed by atoms with Crippen LogP contribution >= 0.6 is 0 Å². The average molecular weight is 304 g/mol. The zero-order valence-corrected chi connectivity index (χ0v) is 14.7. The lowest BCUT2D eigenvalue weighted by molar-refractivity contribution is 0.117. The fourth-order valence-electron chi connectivity index (χ4n) is 3.45. The molecule has 0 aromatic heterocycles. The minimum Gasteiger partial charge on any atom is -0.396 e. The van der Waals surface area contributed by atoms with Gasteiger partial charge in [-0.1, -0.05) is 12.1 Å². The van der Waals surface area contributed by atoms with Crippen molar-refractivity contribution in [1.29, 1.82) is 0 Å². The Morgan fingerprint density at radius 2 is 1.73 bits per heavy atom. The molecule has 124 valence electrons. The molecule has 0 spiro atoms. The second-order valence-electron chi connectivity index (χ2n) is 6.93. The number of benzene rings is 1. The van der Waals surface area contributed by atoms with Crippen LogP contribution in [0.2, 0.25) is 0 Å². The van der Waals surface area contributed by atoms with E-state index in [0.29, 0.717) is 12.6 Å². The standard InChI is InChI=1S/C19H32N2O/c1-15-12-17(3)18(13-16(15)2)14-21-9-6-19(7-10-21)20(4)8-5-11-22/h12-13,19,22H,5-11,14H2,1-4H3. The summed E-state index contributed by atoms with van der Waals surface area (Å²) < 4.78 is 0. The van der Waals surface area contributed by atoms with E-state index in [1.54, 1.807) is 0 Å². The summed E-state index contributed by atoms with van der Waals surface area (Å²) in [5.74, 6) is 0. The van der Waals surface area contributed by atoms with E-state index in [-0.39, 0.29) is 0 Å². The van der Waals surface area contributed by atoms with Crippen molar-refractivity contribution in [3.8, 4) is 0 Å². The third-order valence-electron chi connectivity index (χ3n) is 5.20. The maximum atomic E-state index is 8.95. The fourth-order valence-corrected chi connectivity index (χ4v) is 3.45. The van der Waals surface area contributed by atoms with Crippen molar-refractivity contribution in [2.45, 2.75) is 52.6 Å². The number of piperidine rings is 1. The topological polar surface area (TPSA) is 26.7 Å². The molecule has 0 bridgehead atoms. The first-order valence-corrected chi connectivity index (χ1v) is 8.61. The molecule has 1 heterocycles. The molecule has 1 N–H and O–H groups in total. The van der Waals surface area contributed by atoms with Crippen LogP contribution in [0.25, 0.3) is 0 Å². The van der Waals surface area contributed by atoms with Gasteiger partial charge in [0.25, 0.3) is 0 Å². The summed E-state index contributed by atoms with van der Waals surface area (Å²) in [7, 11) is 2.20. The van der Waals surface area contributed by atoms with Crippen molar-refractivity contribution in [1.82, 2.24) is 9.80 Å². The van der Waals surface area contributed by atoms with E-state index in [0.717, 1.165) is 19.5 Å². The van der Waals surface area contributed by atoms with E-state index < -0.39 is 0 Å². The molecule has 1 aliphatic rings. The lowest BCUT2D eigenvalue weighted by atomic mass is 9.98. The second-order valence-corrected chi connectivity index (χ2v) is 6.93. The molecule has 2 rings (SSSR count).